The van der Waals surface area contributed by atoms with Gasteiger partial charge in [-0.15, -0.1) is 0 Å². The molecule has 2 heterocycles. The lowest BCUT2D eigenvalue weighted by atomic mass is 9.89. The maximum Gasteiger partial charge on any atom is 0.231 e. The third-order valence-corrected chi connectivity index (χ3v) is 4.14. The van der Waals surface area contributed by atoms with Crippen LogP contribution < -0.4 is 11.5 Å². The van der Waals surface area contributed by atoms with Gasteiger partial charge in [0, 0.05) is 19.3 Å². The minimum absolute atomic E-state index is 0.000857. The molecule has 0 spiro atoms. The molecule has 8 nitrogen and oxygen atoms in total. The van der Waals surface area contributed by atoms with Crippen molar-refractivity contribution in [3.05, 3.63) is 30.1 Å². The number of methoxy groups -OCH3 is 1. The molecule has 3 rings (SSSR count). The van der Waals surface area contributed by atoms with E-state index in [4.69, 9.17) is 20.7 Å². The predicted molar refractivity (Wildman–Crippen MR) is 88.8 cm³/mol. The lowest BCUT2D eigenvalue weighted by molar-refractivity contribution is 0.178. The Morgan fingerprint density at radius 2 is 2.04 bits per heavy atom. The number of nitrogen functional groups attached to an aromatic ring is 1. The van der Waals surface area contributed by atoms with Crippen LogP contribution in [0.1, 0.15) is 43.3 Å². The minimum atomic E-state index is 0.000857. The molecule has 0 radical (unpaired) electrons. The summed E-state index contributed by atoms with van der Waals surface area (Å²) in [5.41, 5.74) is 12.8. The maximum absolute atomic E-state index is 6.29. The Bertz CT molecular complexity index is 714. The fourth-order valence-electron chi connectivity index (χ4n) is 2.82. The summed E-state index contributed by atoms with van der Waals surface area (Å²) in [7, 11) is 1.58. The van der Waals surface area contributed by atoms with Crippen molar-refractivity contribution < 1.29 is 9.26 Å². The standard InChI is InChI=1S/C16H22N6O2/c1-23-9-13-19-8-11(14(18)20-13)15-21-16(24-22-15)10-6-4-2-3-5-7-12(10)17/h2-3,8,10,12H,4-7,9,17H2,1H3,(H2,18,19,20)/b3-2-/t10-,12+/m1/s1. The largest absolute Gasteiger partial charge is 0.383 e. The number of hydrogen-bond donors (Lipinski definition) is 2. The molecule has 2 atom stereocenters. The summed E-state index contributed by atoms with van der Waals surface area (Å²) in [5.74, 6) is 1.79. The zero-order valence-corrected chi connectivity index (χ0v) is 13.7. The van der Waals surface area contributed by atoms with Gasteiger partial charge in [0.05, 0.1) is 11.5 Å². The summed E-state index contributed by atoms with van der Waals surface area (Å²) in [5, 5.41) is 4.04. The second kappa shape index (κ2) is 7.50. The van der Waals surface area contributed by atoms with E-state index in [0.29, 0.717) is 35.5 Å². The number of aromatic nitrogens is 4. The van der Waals surface area contributed by atoms with Gasteiger partial charge in [0.15, 0.2) is 5.82 Å². The van der Waals surface area contributed by atoms with E-state index >= 15 is 0 Å². The molecule has 0 fully saturated rings. The average molecular weight is 330 g/mol. The van der Waals surface area contributed by atoms with Gasteiger partial charge < -0.3 is 20.7 Å². The molecule has 0 unspecified atom stereocenters. The normalized spacial score (nSPS) is 22.8. The number of nitrogens with two attached hydrogens (primary N) is 2. The molecule has 0 bridgehead atoms. The third-order valence-electron chi connectivity index (χ3n) is 4.14. The first-order valence-corrected chi connectivity index (χ1v) is 8.04. The van der Waals surface area contributed by atoms with E-state index in [1.54, 1.807) is 13.3 Å². The Morgan fingerprint density at radius 1 is 1.25 bits per heavy atom. The average Bonchev–Trinajstić information content (AvgIpc) is 3.01. The van der Waals surface area contributed by atoms with Gasteiger partial charge in [-0.2, -0.15) is 4.98 Å². The third kappa shape index (κ3) is 3.60. The van der Waals surface area contributed by atoms with Crippen LogP contribution in [0.3, 0.4) is 0 Å². The number of nitrogens with zero attached hydrogens (tertiary/aromatic N) is 4. The van der Waals surface area contributed by atoms with Gasteiger partial charge in [-0.25, -0.2) is 9.97 Å². The number of ether oxygens (including phenoxy) is 1. The highest BCUT2D eigenvalue weighted by Gasteiger charge is 2.26. The quantitative estimate of drug-likeness (QED) is 0.813. The first-order valence-electron chi connectivity index (χ1n) is 8.04. The van der Waals surface area contributed by atoms with Crippen molar-refractivity contribution in [1.82, 2.24) is 20.1 Å². The summed E-state index contributed by atoms with van der Waals surface area (Å²) in [6.45, 7) is 0.298. The van der Waals surface area contributed by atoms with Crippen LogP contribution in [0.5, 0.6) is 0 Å². The van der Waals surface area contributed by atoms with E-state index in [2.05, 4.69) is 32.3 Å². The highest BCUT2D eigenvalue weighted by atomic mass is 16.5. The lowest BCUT2D eigenvalue weighted by Gasteiger charge is -2.21. The smallest absolute Gasteiger partial charge is 0.231 e. The van der Waals surface area contributed by atoms with Gasteiger partial charge in [-0.3, -0.25) is 0 Å². The van der Waals surface area contributed by atoms with Crippen molar-refractivity contribution in [2.75, 3.05) is 12.8 Å². The second-order valence-electron chi connectivity index (χ2n) is 5.87. The van der Waals surface area contributed by atoms with Crippen molar-refractivity contribution >= 4 is 5.82 Å². The summed E-state index contributed by atoms with van der Waals surface area (Å²) >= 11 is 0. The Kier molecular flexibility index (Phi) is 5.17. The Morgan fingerprint density at radius 3 is 2.79 bits per heavy atom. The van der Waals surface area contributed by atoms with Gasteiger partial charge in [-0.1, -0.05) is 17.3 Å². The van der Waals surface area contributed by atoms with Crippen LogP contribution in [0.15, 0.2) is 22.9 Å². The number of allylic oxidation sites excluding steroid dienone is 2. The number of rotatable bonds is 4. The molecule has 0 aromatic carbocycles. The van der Waals surface area contributed by atoms with Gasteiger partial charge in [0.25, 0.3) is 0 Å². The van der Waals surface area contributed by atoms with E-state index in [9.17, 15) is 0 Å². The summed E-state index contributed by atoms with van der Waals surface area (Å²) < 4.78 is 10.5. The second-order valence-corrected chi connectivity index (χ2v) is 5.87. The highest BCUT2D eigenvalue weighted by Crippen LogP contribution is 2.29. The molecule has 24 heavy (non-hydrogen) atoms. The van der Waals surface area contributed by atoms with Crippen molar-refractivity contribution in [2.24, 2.45) is 5.73 Å². The van der Waals surface area contributed by atoms with Crippen molar-refractivity contribution in [1.29, 1.82) is 0 Å². The number of anilines is 1. The monoisotopic (exact) mass is 330 g/mol. The van der Waals surface area contributed by atoms with Gasteiger partial charge in [0.1, 0.15) is 12.4 Å². The SMILES string of the molecule is COCc1ncc(-c2noc([C@@H]3CC/C=C\CC[C@@H]3N)n2)c(N)n1. The first-order chi connectivity index (χ1) is 11.7. The Hall–Kier alpha value is -2.32. The molecule has 4 N–H and O–H groups in total. The topological polar surface area (TPSA) is 126 Å². The van der Waals surface area contributed by atoms with Crippen LogP contribution >= 0.6 is 0 Å². The summed E-state index contributed by atoms with van der Waals surface area (Å²) in [6, 6.07) is 0.000857. The molecule has 0 saturated heterocycles. The fourth-order valence-corrected chi connectivity index (χ4v) is 2.82. The van der Waals surface area contributed by atoms with Crippen molar-refractivity contribution in [3.63, 3.8) is 0 Å². The Labute approximate surface area is 140 Å². The van der Waals surface area contributed by atoms with Crippen LogP contribution in [0.25, 0.3) is 11.4 Å². The van der Waals surface area contributed by atoms with E-state index in [0.717, 1.165) is 25.7 Å². The van der Waals surface area contributed by atoms with Crippen molar-refractivity contribution in [3.8, 4) is 11.4 Å². The molecule has 128 valence electrons. The molecule has 1 aliphatic rings. The minimum Gasteiger partial charge on any atom is -0.383 e. The van der Waals surface area contributed by atoms with Crippen LogP contribution in [0.2, 0.25) is 0 Å². The molecule has 1 aliphatic carbocycles. The van der Waals surface area contributed by atoms with Crippen LogP contribution in [-0.4, -0.2) is 33.3 Å². The molecule has 0 amide bonds. The van der Waals surface area contributed by atoms with Gasteiger partial charge >= 0.3 is 0 Å². The van der Waals surface area contributed by atoms with Gasteiger partial charge in [0.2, 0.25) is 11.7 Å². The lowest BCUT2D eigenvalue weighted by Crippen LogP contribution is -2.29. The molecular formula is C16H22N6O2. The molecule has 0 aliphatic heterocycles. The van der Waals surface area contributed by atoms with E-state index in [1.165, 1.54) is 0 Å². The molecular weight excluding hydrogens is 308 g/mol. The van der Waals surface area contributed by atoms with Crippen LogP contribution in [0.4, 0.5) is 5.82 Å². The Balaban J connectivity index is 1.83. The van der Waals surface area contributed by atoms with E-state index < -0.39 is 0 Å². The van der Waals surface area contributed by atoms with Crippen LogP contribution in [-0.2, 0) is 11.3 Å². The molecule has 2 aromatic rings. The van der Waals surface area contributed by atoms with Crippen molar-refractivity contribution in [2.45, 2.75) is 44.2 Å². The predicted octanol–water partition coefficient (Wildman–Crippen LogP) is 1.80. The summed E-state index contributed by atoms with van der Waals surface area (Å²) in [4.78, 5) is 12.9. The van der Waals surface area contributed by atoms with Gasteiger partial charge in [-0.05, 0) is 25.7 Å². The highest BCUT2D eigenvalue weighted by molar-refractivity contribution is 5.66. The number of hydrogen-bond acceptors (Lipinski definition) is 8. The maximum atomic E-state index is 6.29. The van der Waals surface area contributed by atoms with E-state index in [-0.39, 0.29) is 12.0 Å². The van der Waals surface area contributed by atoms with E-state index in [1.807, 2.05) is 0 Å². The first kappa shape index (κ1) is 16.5. The molecule has 0 saturated carbocycles. The zero-order valence-electron chi connectivity index (χ0n) is 13.7. The fraction of sp³-hybridized carbons (Fsp3) is 0.500. The zero-order chi connectivity index (χ0) is 16.9. The van der Waals surface area contributed by atoms with Crippen LogP contribution in [0, 0.1) is 0 Å². The summed E-state index contributed by atoms with van der Waals surface area (Å²) in [6.07, 6.45) is 9.65. The molecule has 2 aromatic heterocycles. The molecule has 8 heteroatoms.